The summed E-state index contributed by atoms with van der Waals surface area (Å²) in [5, 5.41) is 0. The molecule has 0 bridgehead atoms. The van der Waals surface area contributed by atoms with Gasteiger partial charge >= 0.3 is 110 Å². The molecule has 10 aliphatic rings. The Morgan fingerprint density at radius 1 is 1.05 bits per heavy atom. The van der Waals surface area contributed by atoms with Crippen LogP contribution >= 0.6 is 0 Å². The second-order valence-electron chi connectivity index (χ2n) is 12.9. The molecule has 0 aromatic carbocycles. The third-order valence-corrected chi connectivity index (χ3v) is 60.8. The van der Waals surface area contributed by atoms with Crippen LogP contribution in [0.3, 0.4) is 0 Å². The Labute approximate surface area is 110 Å². The van der Waals surface area contributed by atoms with Crippen LogP contribution in [0.1, 0.15) is 6.92 Å². The van der Waals surface area contributed by atoms with Gasteiger partial charge in [0.15, 0.2) is 0 Å². The molecule has 110 valence electrons. The van der Waals surface area contributed by atoms with Gasteiger partial charge in [-0.1, -0.05) is 0 Å². The third-order valence-electron chi connectivity index (χ3n) is 16.4. The maximum absolute atomic E-state index is 12.8. The van der Waals surface area contributed by atoms with Crippen molar-refractivity contribution in [1.82, 2.24) is 0 Å². The molecule has 8 unspecified atom stereocenters. The quantitative estimate of drug-likeness (QED) is 0.707. The van der Waals surface area contributed by atoms with Gasteiger partial charge in [0, 0.05) is 0 Å². The predicted molar refractivity (Wildman–Crippen MR) is 75.4 cm³/mol. The molecule has 0 aliphatic carbocycles. The van der Waals surface area contributed by atoms with Crippen molar-refractivity contribution in [3.63, 3.8) is 0 Å². The van der Waals surface area contributed by atoms with Gasteiger partial charge in [-0.3, -0.25) is 0 Å². The van der Waals surface area contributed by atoms with Crippen LogP contribution in [-0.4, -0.2) is 20.7 Å². The zero-order valence-corrected chi connectivity index (χ0v) is 14.6. The monoisotopic (exact) mass is 330 g/mol. The summed E-state index contributed by atoms with van der Waals surface area (Å²) in [7, 11) is -1.41. The van der Waals surface area contributed by atoms with E-state index in [0.717, 1.165) is 30.2 Å². The number of Topliss-reactive ketones (excluding diaryl/α,β-unsaturated/α-hetero) is 1. The van der Waals surface area contributed by atoms with Crippen molar-refractivity contribution in [2.45, 2.75) is 73.7 Å². The van der Waals surface area contributed by atoms with Crippen molar-refractivity contribution < 1.29 is 15.7 Å². The Hall–Kier alpha value is 0.366. The number of hydrogen-bond donors (Lipinski definition) is 0. The molecular weight excluding hydrogens is 308 g/mol. The first-order chi connectivity index (χ1) is 9.08. The van der Waals surface area contributed by atoms with E-state index in [4.69, 9.17) is 4.43 Å². The maximum atomic E-state index is 12.8. The number of ketones is 1. The summed E-state index contributed by atoms with van der Waals surface area (Å²) in [6, 6.07) is 0. The average molecular weight is 330 g/mol. The Morgan fingerprint density at radius 2 is 1.55 bits per heavy atom. The summed E-state index contributed by atoms with van der Waals surface area (Å²) in [5.74, 6) is 0.691. The molecule has 0 N–H and O–H groups in total. The van der Waals surface area contributed by atoms with Gasteiger partial charge in [-0.15, -0.1) is 0 Å². The summed E-state index contributed by atoms with van der Waals surface area (Å²) >= 11 is 0. The molecule has 8 atom stereocenters. The van der Waals surface area contributed by atoms with Gasteiger partial charge < -0.3 is 0 Å². The minimum absolute atomic E-state index is 0.428. The Morgan fingerprint density at radius 3 is 1.85 bits per heavy atom. The zero-order valence-electron chi connectivity index (χ0n) is 12.5. The van der Waals surface area contributed by atoms with Crippen molar-refractivity contribution in [2.24, 2.45) is 0 Å². The van der Waals surface area contributed by atoms with Crippen LogP contribution in [0, 0.1) is 0 Å². The number of carbonyl (C=O) groups is 1. The van der Waals surface area contributed by atoms with E-state index in [9.17, 15) is 4.79 Å². The van der Waals surface area contributed by atoms with E-state index in [1.807, 2.05) is 6.92 Å². The molecule has 10 aliphatic heterocycles. The van der Waals surface area contributed by atoms with Gasteiger partial charge in [-0.25, -0.2) is 0 Å². The fraction of sp³-hybridized carbons (Fsp3) is 0.938. The van der Waals surface area contributed by atoms with Crippen molar-refractivity contribution in [1.29, 1.82) is 0 Å². The molecule has 0 saturated carbocycles. The zero-order chi connectivity index (χ0) is 13.4. The first-order valence-electron chi connectivity index (χ1n) is 8.44. The van der Waals surface area contributed by atoms with Gasteiger partial charge in [-0.2, -0.15) is 0 Å². The summed E-state index contributed by atoms with van der Waals surface area (Å²) in [4.78, 5) is 22.1. The molecule has 0 aromatic heterocycles. The molecule has 4 heteroatoms. The molecule has 10 rings (SSSR count). The van der Waals surface area contributed by atoms with Crippen LogP contribution in [0.2, 0.25) is 66.8 Å². The molecular formula is C16H22FeO2Si. The summed E-state index contributed by atoms with van der Waals surface area (Å²) < 4.78 is 7.71. The first kappa shape index (κ1) is 8.86. The van der Waals surface area contributed by atoms with Gasteiger partial charge in [0.1, 0.15) is 0 Å². The Kier molecular flexibility index (Phi) is 0.339. The van der Waals surface area contributed by atoms with E-state index in [1.54, 1.807) is 0 Å². The second kappa shape index (κ2) is 0.766. The number of carbonyl (C=O) groups excluding carboxylic acids is 1. The molecule has 1 spiro atoms. The molecule has 10 heterocycles. The van der Waals surface area contributed by atoms with Crippen LogP contribution in [0.15, 0.2) is 0 Å². The molecule has 2 nitrogen and oxygen atoms in total. The van der Waals surface area contributed by atoms with Gasteiger partial charge in [-0.05, 0) is 0 Å². The van der Waals surface area contributed by atoms with Crippen molar-refractivity contribution in [2.75, 3.05) is 6.61 Å². The van der Waals surface area contributed by atoms with Crippen LogP contribution in [-0.2, 0) is 15.7 Å². The summed E-state index contributed by atoms with van der Waals surface area (Å²) in [6.07, 6.45) is 0. The first-order valence-corrected chi connectivity index (χ1v) is 18.1. The van der Waals surface area contributed by atoms with Crippen LogP contribution in [0.4, 0.5) is 0 Å². The van der Waals surface area contributed by atoms with Crippen LogP contribution < -0.4 is 0 Å². The molecule has 0 amide bonds. The van der Waals surface area contributed by atoms with Gasteiger partial charge in [0.05, 0.1) is 0 Å². The van der Waals surface area contributed by atoms with E-state index in [-0.39, 0.29) is 0 Å². The minimum atomic E-state index is -3.41. The van der Waals surface area contributed by atoms with Crippen LogP contribution in [0.5, 0.6) is 0 Å². The third kappa shape index (κ3) is 0.0967. The predicted octanol–water partition coefficient (Wildman–Crippen LogP) is 4.56. The Bertz CT molecular complexity index is 1120. The van der Waals surface area contributed by atoms with Gasteiger partial charge in [0.2, 0.25) is 0 Å². The fourth-order valence-electron chi connectivity index (χ4n) is 18.7. The standard InChI is InChI=1S/C9H15OSi.C7H7O.Fe/c1-11(2,3)10-8-9-6-4-5-7-9;1-6(8)7-4-2-3-5-7;/h4-7H,8H2,1-3H3;2-5H,1H3;. The van der Waals surface area contributed by atoms with E-state index in [2.05, 4.69) is 19.6 Å². The van der Waals surface area contributed by atoms with Crippen molar-refractivity contribution in [3.8, 4) is 0 Å². The Balaban J connectivity index is 1.40. The number of fused-ring (bicyclic) bond motifs is 10. The fourth-order valence-corrected chi connectivity index (χ4v) is 96.3. The van der Waals surface area contributed by atoms with E-state index in [1.165, 1.54) is 19.3 Å². The topological polar surface area (TPSA) is 26.3 Å². The number of rotatable bonds is 4. The molecule has 20 heavy (non-hydrogen) atoms. The van der Waals surface area contributed by atoms with Crippen molar-refractivity contribution >= 4 is 14.1 Å². The molecule has 0 radical (unpaired) electrons. The van der Waals surface area contributed by atoms with E-state index >= 15 is 0 Å². The van der Waals surface area contributed by atoms with E-state index in [0.29, 0.717) is 10.1 Å². The summed E-state index contributed by atoms with van der Waals surface area (Å²) in [6.45, 7) is 6.76. The second-order valence-corrected chi connectivity index (χ2v) is 40.7. The average Bonchev–Trinajstić information content (AvgIpc) is 3.28. The van der Waals surface area contributed by atoms with Crippen molar-refractivity contribution in [3.05, 3.63) is 0 Å². The molecule has 0 aromatic rings. The SMILES string of the molecule is CC(=O)[C]12[CH]3[CH]4[CH]5[CH]1[Fe]45321678[CH]2[CH]1[CH]6[C]7(CO[Si](C)(C)C)[CH]28. The summed E-state index contributed by atoms with van der Waals surface area (Å²) in [5.41, 5.74) is 0. The van der Waals surface area contributed by atoms with Gasteiger partial charge in [0.25, 0.3) is 0 Å². The van der Waals surface area contributed by atoms with Crippen LogP contribution in [0.25, 0.3) is 0 Å². The number of hydrogen-bond acceptors (Lipinski definition) is 2. The normalized spacial score (nSPS) is 108. The molecule has 10 fully saturated rings. The van der Waals surface area contributed by atoms with E-state index < -0.39 is 14.8 Å². The molecule has 10 saturated heterocycles.